The first-order chi connectivity index (χ1) is 18.0. The zero-order valence-corrected chi connectivity index (χ0v) is 23.3. The Balaban J connectivity index is 2.02. The van der Waals surface area contributed by atoms with Crippen molar-refractivity contribution in [3.05, 3.63) is 61.2 Å². The van der Waals surface area contributed by atoms with Gasteiger partial charge in [-0.2, -0.15) is 0 Å². The highest BCUT2D eigenvalue weighted by atomic mass is 16.5. The Morgan fingerprint density at radius 2 is 1.66 bits per heavy atom. The molecule has 2 rings (SSSR count). The van der Waals surface area contributed by atoms with Gasteiger partial charge in [-0.15, -0.1) is 13.2 Å². The molecule has 210 valence electrons. The Bertz CT molecular complexity index is 931. The number of hydrogen-bond acceptors (Lipinski definition) is 5. The molecule has 1 aliphatic carbocycles. The number of carbonyl (C=O) groups excluding carboxylic acids is 3. The second-order valence-electron chi connectivity index (χ2n) is 11.6. The van der Waals surface area contributed by atoms with Gasteiger partial charge in [-0.1, -0.05) is 76.1 Å². The van der Waals surface area contributed by atoms with Gasteiger partial charge in [0.05, 0.1) is 30.0 Å². The molecule has 38 heavy (non-hydrogen) atoms. The van der Waals surface area contributed by atoms with E-state index in [4.69, 9.17) is 4.74 Å². The lowest BCUT2D eigenvalue weighted by molar-refractivity contribution is -0.150. The van der Waals surface area contributed by atoms with E-state index >= 15 is 0 Å². The fourth-order valence-electron chi connectivity index (χ4n) is 4.87. The number of aliphatic hydroxyl groups is 1. The van der Waals surface area contributed by atoms with Crippen LogP contribution in [-0.4, -0.2) is 47.7 Å². The average Bonchev–Trinajstić information content (AvgIpc) is 3.34. The molecule has 7 nitrogen and oxygen atoms in total. The van der Waals surface area contributed by atoms with Crippen LogP contribution in [0.3, 0.4) is 0 Å². The zero-order chi connectivity index (χ0) is 28.2. The molecule has 0 spiro atoms. The zero-order valence-electron chi connectivity index (χ0n) is 23.3. The molecular formula is C31H46N2O5. The summed E-state index contributed by atoms with van der Waals surface area (Å²) in [6.07, 6.45) is 8.11. The van der Waals surface area contributed by atoms with E-state index in [1.165, 1.54) is 0 Å². The standard InChI is InChI=1S/C31H46N2O5/c1-6-13-24(20-27(35)33-31(22-34)17-11-12-18-31)28(36)32-26(30(3,4)5)21-38-29(37)25(14-7-2)19-23-15-9-8-10-16-23/h6-10,15-16,24-26,34H,1-2,11-14,17-22H2,3-5H3,(H,32,36)(H,33,35)/t24-,25+,26+/m0/s1. The van der Waals surface area contributed by atoms with Crippen molar-refractivity contribution in [1.82, 2.24) is 10.6 Å². The van der Waals surface area contributed by atoms with Gasteiger partial charge in [0.1, 0.15) is 6.61 Å². The smallest absolute Gasteiger partial charge is 0.309 e. The lowest BCUT2D eigenvalue weighted by Crippen LogP contribution is -2.52. The van der Waals surface area contributed by atoms with E-state index in [1.54, 1.807) is 12.2 Å². The molecule has 0 saturated heterocycles. The monoisotopic (exact) mass is 526 g/mol. The summed E-state index contributed by atoms with van der Waals surface area (Å²) in [4.78, 5) is 39.1. The summed E-state index contributed by atoms with van der Waals surface area (Å²) < 4.78 is 5.73. The summed E-state index contributed by atoms with van der Waals surface area (Å²) in [6.45, 7) is 13.4. The number of esters is 1. The third-order valence-electron chi connectivity index (χ3n) is 7.39. The first kappa shape index (κ1) is 31.3. The first-order valence-electron chi connectivity index (χ1n) is 13.7. The van der Waals surface area contributed by atoms with Crippen LogP contribution in [0.15, 0.2) is 55.6 Å². The number of ether oxygens (including phenoxy) is 1. The van der Waals surface area contributed by atoms with Crippen LogP contribution in [0, 0.1) is 17.3 Å². The molecule has 1 saturated carbocycles. The Hall–Kier alpha value is -2.93. The van der Waals surface area contributed by atoms with E-state index in [9.17, 15) is 19.5 Å². The molecule has 7 heteroatoms. The molecule has 1 aliphatic rings. The van der Waals surface area contributed by atoms with Crippen LogP contribution in [0.4, 0.5) is 0 Å². The van der Waals surface area contributed by atoms with Gasteiger partial charge in [0, 0.05) is 6.42 Å². The van der Waals surface area contributed by atoms with Gasteiger partial charge in [-0.05, 0) is 43.1 Å². The average molecular weight is 527 g/mol. The van der Waals surface area contributed by atoms with E-state index in [2.05, 4.69) is 23.8 Å². The van der Waals surface area contributed by atoms with Gasteiger partial charge < -0.3 is 20.5 Å². The Labute approximate surface area is 228 Å². The molecule has 0 unspecified atom stereocenters. The molecule has 1 aromatic rings. The van der Waals surface area contributed by atoms with Gasteiger partial charge in [-0.25, -0.2) is 0 Å². The minimum absolute atomic E-state index is 0.00522. The number of rotatable bonds is 15. The van der Waals surface area contributed by atoms with Crippen LogP contribution >= 0.6 is 0 Å². The van der Waals surface area contributed by atoms with Crippen molar-refractivity contribution in [1.29, 1.82) is 0 Å². The van der Waals surface area contributed by atoms with Gasteiger partial charge in [0.25, 0.3) is 0 Å². The van der Waals surface area contributed by atoms with E-state index in [0.29, 0.717) is 19.3 Å². The largest absolute Gasteiger partial charge is 0.463 e. The van der Waals surface area contributed by atoms with Crippen molar-refractivity contribution < 1.29 is 24.2 Å². The molecule has 2 amide bonds. The third kappa shape index (κ3) is 9.75. The maximum absolute atomic E-state index is 13.3. The van der Waals surface area contributed by atoms with Crippen LogP contribution in [0.5, 0.6) is 0 Å². The normalized spacial score (nSPS) is 17.1. The second-order valence-corrected chi connectivity index (χ2v) is 11.6. The minimum Gasteiger partial charge on any atom is -0.463 e. The molecule has 0 heterocycles. The number of nitrogens with one attached hydrogen (secondary N) is 2. The van der Waals surface area contributed by atoms with Gasteiger partial charge in [0.15, 0.2) is 0 Å². The SMILES string of the molecule is C=CC[C@@H](CC(=O)NC1(CO)CCCC1)C(=O)N[C@H](COC(=O)[C@H](CC=C)Cc1ccccc1)C(C)(C)C. The van der Waals surface area contributed by atoms with Crippen LogP contribution in [0.25, 0.3) is 0 Å². The summed E-state index contributed by atoms with van der Waals surface area (Å²) in [5, 5.41) is 15.8. The van der Waals surface area contributed by atoms with Crippen LogP contribution < -0.4 is 10.6 Å². The van der Waals surface area contributed by atoms with Gasteiger partial charge in [-0.3, -0.25) is 14.4 Å². The van der Waals surface area contributed by atoms with Gasteiger partial charge >= 0.3 is 5.97 Å². The van der Waals surface area contributed by atoms with Crippen molar-refractivity contribution >= 4 is 17.8 Å². The number of benzene rings is 1. The lowest BCUT2D eigenvalue weighted by atomic mass is 9.86. The summed E-state index contributed by atoms with van der Waals surface area (Å²) in [7, 11) is 0. The molecule has 0 aromatic heterocycles. The maximum atomic E-state index is 13.3. The van der Waals surface area contributed by atoms with Crippen molar-refractivity contribution in [3.63, 3.8) is 0 Å². The van der Waals surface area contributed by atoms with E-state index < -0.39 is 22.9 Å². The summed E-state index contributed by atoms with van der Waals surface area (Å²) in [5.41, 5.74) is 0.0636. The highest BCUT2D eigenvalue weighted by Gasteiger charge is 2.36. The molecule has 0 bridgehead atoms. The summed E-state index contributed by atoms with van der Waals surface area (Å²) >= 11 is 0. The van der Waals surface area contributed by atoms with E-state index in [0.717, 1.165) is 31.2 Å². The predicted octanol–water partition coefficient (Wildman–Crippen LogP) is 4.50. The van der Waals surface area contributed by atoms with Crippen molar-refractivity contribution in [2.75, 3.05) is 13.2 Å². The molecule has 1 fully saturated rings. The second kappa shape index (κ2) is 14.9. The molecule has 1 aromatic carbocycles. The Kier molecular flexibility index (Phi) is 12.2. The maximum Gasteiger partial charge on any atom is 0.309 e. The van der Waals surface area contributed by atoms with Gasteiger partial charge in [0.2, 0.25) is 11.8 Å². The fraction of sp³-hybridized carbons (Fsp3) is 0.581. The molecule has 0 aliphatic heterocycles. The summed E-state index contributed by atoms with van der Waals surface area (Å²) in [5.74, 6) is -1.85. The Morgan fingerprint density at radius 3 is 2.21 bits per heavy atom. The minimum atomic E-state index is -0.614. The number of hydrogen-bond donors (Lipinski definition) is 3. The Morgan fingerprint density at radius 1 is 1.05 bits per heavy atom. The highest BCUT2D eigenvalue weighted by molar-refractivity contribution is 5.86. The fourth-order valence-corrected chi connectivity index (χ4v) is 4.87. The number of aliphatic hydroxyl groups excluding tert-OH is 1. The van der Waals surface area contributed by atoms with Crippen LogP contribution in [0.2, 0.25) is 0 Å². The molecule has 0 radical (unpaired) electrons. The molecule has 3 atom stereocenters. The quantitative estimate of drug-likeness (QED) is 0.231. The van der Waals surface area contributed by atoms with Crippen molar-refractivity contribution in [3.8, 4) is 0 Å². The van der Waals surface area contributed by atoms with Crippen LogP contribution in [0.1, 0.15) is 71.3 Å². The summed E-state index contributed by atoms with van der Waals surface area (Å²) in [6, 6.07) is 9.32. The molecule has 3 N–H and O–H groups in total. The van der Waals surface area contributed by atoms with Crippen molar-refractivity contribution in [2.45, 2.75) is 83.7 Å². The van der Waals surface area contributed by atoms with E-state index in [-0.39, 0.29) is 43.3 Å². The molecular weight excluding hydrogens is 480 g/mol. The first-order valence-corrected chi connectivity index (χ1v) is 13.7. The lowest BCUT2D eigenvalue weighted by Gasteiger charge is -2.33. The number of carbonyl (C=O) groups is 3. The van der Waals surface area contributed by atoms with Crippen molar-refractivity contribution in [2.24, 2.45) is 17.3 Å². The topological polar surface area (TPSA) is 105 Å². The number of allylic oxidation sites excluding steroid dienone is 2. The predicted molar refractivity (Wildman–Crippen MR) is 150 cm³/mol. The van der Waals surface area contributed by atoms with Crippen LogP contribution in [-0.2, 0) is 25.5 Å². The highest BCUT2D eigenvalue weighted by Crippen LogP contribution is 2.29. The van der Waals surface area contributed by atoms with E-state index in [1.807, 2.05) is 51.1 Å². The third-order valence-corrected chi connectivity index (χ3v) is 7.39. The number of amides is 2.